The normalized spacial score (nSPS) is 31.2. The van der Waals surface area contributed by atoms with Gasteiger partial charge in [-0.15, -0.1) is 0 Å². The van der Waals surface area contributed by atoms with E-state index in [1.54, 1.807) is 0 Å². The summed E-state index contributed by atoms with van der Waals surface area (Å²) in [5.74, 6) is 0.670. The van der Waals surface area contributed by atoms with Gasteiger partial charge in [-0.05, 0) is 31.7 Å². The molecule has 0 aromatic rings. The van der Waals surface area contributed by atoms with E-state index in [2.05, 4.69) is 19.2 Å². The number of rotatable bonds is 4. The van der Waals surface area contributed by atoms with Gasteiger partial charge in [-0.25, -0.2) is 0 Å². The first-order valence-electron chi connectivity index (χ1n) is 5.23. The van der Waals surface area contributed by atoms with E-state index < -0.39 is 5.60 Å². The molecule has 0 saturated carbocycles. The molecule has 0 aromatic heterocycles. The van der Waals surface area contributed by atoms with Crippen molar-refractivity contribution in [3.63, 3.8) is 0 Å². The Bertz CT molecular complexity index is 153. The van der Waals surface area contributed by atoms with Crippen molar-refractivity contribution in [2.75, 3.05) is 13.1 Å². The summed E-state index contributed by atoms with van der Waals surface area (Å²) in [5.41, 5.74) is 5.33. The predicted molar refractivity (Wildman–Crippen MR) is 54.5 cm³/mol. The molecule has 4 N–H and O–H groups in total. The Labute approximate surface area is 80.7 Å². The Morgan fingerprint density at radius 1 is 1.46 bits per heavy atom. The van der Waals surface area contributed by atoms with Crippen LogP contribution in [0.15, 0.2) is 0 Å². The Morgan fingerprint density at radius 2 is 2.15 bits per heavy atom. The molecule has 2 atom stereocenters. The van der Waals surface area contributed by atoms with Crippen LogP contribution in [0.5, 0.6) is 0 Å². The highest BCUT2D eigenvalue weighted by molar-refractivity contribution is 4.96. The first-order valence-corrected chi connectivity index (χ1v) is 5.23. The zero-order valence-corrected chi connectivity index (χ0v) is 8.71. The Hall–Kier alpha value is -0.120. The third-order valence-electron chi connectivity index (χ3n) is 2.91. The molecule has 1 aliphatic heterocycles. The van der Waals surface area contributed by atoms with E-state index in [-0.39, 0.29) is 6.04 Å². The van der Waals surface area contributed by atoms with Crippen molar-refractivity contribution in [1.82, 2.24) is 5.32 Å². The second-order valence-corrected chi connectivity index (χ2v) is 4.61. The van der Waals surface area contributed by atoms with Crippen molar-refractivity contribution in [1.29, 1.82) is 0 Å². The van der Waals surface area contributed by atoms with Gasteiger partial charge in [0.25, 0.3) is 0 Å². The summed E-state index contributed by atoms with van der Waals surface area (Å²) in [7, 11) is 0. The van der Waals surface area contributed by atoms with Gasteiger partial charge in [0.2, 0.25) is 0 Å². The number of aliphatic hydroxyl groups is 1. The van der Waals surface area contributed by atoms with Crippen molar-refractivity contribution in [2.45, 2.75) is 44.8 Å². The molecule has 1 saturated heterocycles. The van der Waals surface area contributed by atoms with Gasteiger partial charge in [0.15, 0.2) is 0 Å². The molecule has 1 fully saturated rings. The maximum absolute atomic E-state index is 10.1. The molecule has 3 nitrogen and oxygen atoms in total. The topological polar surface area (TPSA) is 58.3 Å². The van der Waals surface area contributed by atoms with Crippen LogP contribution in [0.25, 0.3) is 0 Å². The summed E-state index contributed by atoms with van der Waals surface area (Å²) >= 11 is 0. The van der Waals surface area contributed by atoms with E-state index in [1.165, 1.54) is 0 Å². The van der Waals surface area contributed by atoms with Crippen molar-refractivity contribution in [2.24, 2.45) is 11.7 Å². The molecular weight excluding hydrogens is 164 g/mol. The van der Waals surface area contributed by atoms with Crippen LogP contribution in [0.1, 0.15) is 33.1 Å². The van der Waals surface area contributed by atoms with E-state index in [4.69, 9.17) is 5.73 Å². The molecule has 3 heteroatoms. The molecule has 1 aliphatic rings. The highest BCUT2D eigenvalue weighted by atomic mass is 16.3. The zero-order valence-electron chi connectivity index (χ0n) is 8.71. The van der Waals surface area contributed by atoms with Crippen LogP contribution in [0, 0.1) is 5.92 Å². The van der Waals surface area contributed by atoms with Gasteiger partial charge in [0.05, 0.1) is 5.60 Å². The quantitative estimate of drug-likeness (QED) is 0.598. The molecule has 2 unspecified atom stereocenters. The molecule has 0 spiro atoms. The lowest BCUT2D eigenvalue weighted by Gasteiger charge is -2.29. The van der Waals surface area contributed by atoms with Gasteiger partial charge >= 0.3 is 0 Å². The lowest BCUT2D eigenvalue weighted by molar-refractivity contribution is 0.0297. The average Bonchev–Trinajstić information content (AvgIpc) is 2.49. The minimum absolute atomic E-state index is 0.0649. The summed E-state index contributed by atoms with van der Waals surface area (Å²) in [6.45, 7) is 5.92. The van der Waals surface area contributed by atoms with Crippen LogP contribution >= 0.6 is 0 Å². The minimum Gasteiger partial charge on any atom is -0.387 e. The Kier molecular flexibility index (Phi) is 3.71. The van der Waals surface area contributed by atoms with Crippen LogP contribution in [-0.2, 0) is 0 Å². The Balaban J connectivity index is 2.33. The molecule has 13 heavy (non-hydrogen) atoms. The average molecular weight is 186 g/mol. The molecule has 0 amide bonds. The highest BCUT2D eigenvalue weighted by Gasteiger charge is 2.36. The van der Waals surface area contributed by atoms with Crippen LogP contribution in [0.3, 0.4) is 0 Å². The van der Waals surface area contributed by atoms with Crippen LogP contribution in [0.2, 0.25) is 0 Å². The summed E-state index contributed by atoms with van der Waals surface area (Å²) in [4.78, 5) is 0. The molecule has 0 radical (unpaired) electrons. The maximum Gasteiger partial charge on any atom is 0.0933 e. The number of β-amino-alcohol motifs (C(OH)–C–C–N with tert-alkyl or cyclic N) is 1. The number of nitrogens with two attached hydrogens (primary N) is 1. The SMILES string of the molecule is CC(C)CCC(N)C1(O)CCNC1. The van der Waals surface area contributed by atoms with E-state index in [0.29, 0.717) is 12.5 Å². The molecule has 78 valence electrons. The predicted octanol–water partition coefficient (Wildman–Crippen LogP) is 0.474. The zero-order chi connectivity index (χ0) is 9.90. The first-order chi connectivity index (χ1) is 6.04. The van der Waals surface area contributed by atoms with Gasteiger partial charge in [0.1, 0.15) is 0 Å². The van der Waals surface area contributed by atoms with Crippen LogP contribution in [0.4, 0.5) is 0 Å². The van der Waals surface area contributed by atoms with E-state index in [1.807, 2.05) is 0 Å². The van der Waals surface area contributed by atoms with Gasteiger partial charge in [-0.3, -0.25) is 0 Å². The van der Waals surface area contributed by atoms with Gasteiger partial charge in [-0.2, -0.15) is 0 Å². The smallest absolute Gasteiger partial charge is 0.0933 e. The van der Waals surface area contributed by atoms with Crippen LogP contribution < -0.4 is 11.1 Å². The molecule has 1 heterocycles. The van der Waals surface area contributed by atoms with Crippen LogP contribution in [-0.4, -0.2) is 29.8 Å². The van der Waals surface area contributed by atoms with E-state index in [9.17, 15) is 5.11 Å². The number of nitrogens with one attached hydrogen (secondary N) is 1. The molecule has 0 bridgehead atoms. The maximum atomic E-state index is 10.1. The second kappa shape index (κ2) is 4.40. The summed E-state index contributed by atoms with van der Waals surface area (Å²) in [6.07, 6.45) is 2.82. The Morgan fingerprint density at radius 3 is 2.62 bits per heavy atom. The van der Waals surface area contributed by atoms with Crippen molar-refractivity contribution in [3.05, 3.63) is 0 Å². The minimum atomic E-state index is -0.644. The highest BCUT2D eigenvalue weighted by Crippen LogP contribution is 2.21. The molecule has 0 aliphatic carbocycles. The molecular formula is C10H22N2O. The van der Waals surface area contributed by atoms with E-state index >= 15 is 0 Å². The van der Waals surface area contributed by atoms with E-state index in [0.717, 1.165) is 25.8 Å². The standard InChI is InChI=1S/C10H22N2O/c1-8(2)3-4-9(11)10(13)5-6-12-7-10/h8-9,12-13H,3-7,11H2,1-2H3. The molecule has 0 aromatic carbocycles. The van der Waals surface area contributed by atoms with Gasteiger partial charge in [-0.1, -0.05) is 13.8 Å². The fourth-order valence-corrected chi connectivity index (χ4v) is 1.80. The monoisotopic (exact) mass is 186 g/mol. The number of hydrogen-bond donors (Lipinski definition) is 3. The molecule has 1 rings (SSSR count). The van der Waals surface area contributed by atoms with Crippen molar-refractivity contribution < 1.29 is 5.11 Å². The van der Waals surface area contributed by atoms with Gasteiger partial charge < -0.3 is 16.2 Å². The van der Waals surface area contributed by atoms with Crippen molar-refractivity contribution in [3.8, 4) is 0 Å². The summed E-state index contributed by atoms with van der Waals surface area (Å²) in [6, 6.07) is -0.0649. The largest absolute Gasteiger partial charge is 0.387 e. The lowest BCUT2D eigenvalue weighted by Crippen LogP contribution is -2.49. The second-order valence-electron chi connectivity index (χ2n) is 4.61. The fourth-order valence-electron chi connectivity index (χ4n) is 1.80. The van der Waals surface area contributed by atoms with Gasteiger partial charge in [0, 0.05) is 12.6 Å². The number of hydrogen-bond acceptors (Lipinski definition) is 3. The third kappa shape index (κ3) is 2.93. The fraction of sp³-hybridized carbons (Fsp3) is 1.00. The van der Waals surface area contributed by atoms with Crippen molar-refractivity contribution >= 4 is 0 Å². The first kappa shape index (κ1) is 11.0. The summed E-state index contributed by atoms with van der Waals surface area (Å²) in [5, 5.41) is 13.2. The third-order valence-corrected chi connectivity index (χ3v) is 2.91. The summed E-state index contributed by atoms with van der Waals surface area (Å²) < 4.78 is 0. The lowest BCUT2D eigenvalue weighted by atomic mass is 9.89.